The fourth-order valence-corrected chi connectivity index (χ4v) is 2.01. The molecule has 2 aromatic rings. The second-order valence-corrected chi connectivity index (χ2v) is 4.71. The Labute approximate surface area is 108 Å². The monoisotopic (exact) mass is 267 g/mol. The highest BCUT2D eigenvalue weighted by molar-refractivity contribution is 5.56. The van der Waals surface area contributed by atoms with Crippen LogP contribution in [0, 0.1) is 24.4 Å². The molecule has 1 heterocycles. The van der Waals surface area contributed by atoms with Gasteiger partial charge in [-0.25, -0.2) is 18.2 Å². The number of aromatic nitrogens is 2. The summed E-state index contributed by atoms with van der Waals surface area (Å²) in [5.41, 5.74) is 0.381. The van der Waals surface area contributed by atoms with Crippen LogP contribution in [0.1, 0.15) is 24.6 Å². The fourth-order valence-electron chi connectivity index (χ4n) is 2.01. The Hall–Kier alpha value is -1.98. The maximum atomic E-state index is 13.6. The van der Waals surface area contributed by atoms with Crippen molar-refractivity contribution in [3.63, 3.8) is 0 Å². The average molecular weight is 267 g/mol. The molecule has 1 aliphatic rings. The van der Waals surface area contributed by atoms with Gasteiger partial charge in [-0.3, -0.25) is 0 Å². The number of hydrogen-bond donors (Lipinski definition) is 1. The molecular weight excluding hydrogens is 255 g/mol. The van der Waals surface area contributed by atoms with Gasteiger partial charge in [0.2, 0.25) is 5.95 Å². The van der Waals surface area contributed by atoms with Crippen molar-refractivity contribution in [3.8, 4) is 0 Å². The van der Waals surface area contributed by atoms with Gasteiger partial charge in [0.1, 0.15) is 11.5 Å². The van der Waals surface area contributed by atoms with Crippen LogP contribution in [0.2, 0.25) is 0 Å². The summed E-state index contributed by atoms with van der Waals surface area (Å²) < 4.78 is 41.8. The number of rotatable bonds is 3. The molecule has 6 heteroatoms. The second-order valence-electron chi connectivity index (χ2n) is 4.71. The molecule has 1 saturated carbocycles. The van der Waals surface area contributed by atoms with E-state index in [2.05, 4.69) is 10.3 Å². The molecule has 0 radical (unpaired) electrons. The minimum Gasteiger partial charge on any atom is -0.321 e. The first-order valence-corrected chi connectivity index (χ1v) is 6.01. The Balaban J connectivity index is 1.97. The highest BCUT2D eigenvalue weighted by Gasteiger charge is 2.27. The molecule has 1 fully saturated rings. The maximum Gasteiger partial charge on any atom is 0.207 e. The van der Waals surface area contributed by atoms with E-state index in [-0.39, 0.29) is 5.69 Å². The maximum absolute atomic E-state index is 13.6. The minimum atomic E-state index is -0.972. The molecule has 100 valence electrons. The van der Waals surface area contributed by atoms with Crippen LogP contribution in [0.3, 0.4) is 0 Å². The van der Waals surface area contributed by atoms with Crippen molar-refractivity contribution in [2.45, 2.75) is 25.8 Å². The van der Waals surface area contributed by atoms with Gasteiger partial charge in [0.05, 0.1) is 5.69 Å². The van der Waals surface area contributed by atoms with E-state index in [1.807, 2.05) is 10.8 Å². The number of hydrogen-bond acceptors (Lipinski definition) is 2. The van der Waals surface area contributed by atoms with Gasteiger partial charge < -0.3 is 9.88 Å². The van der Waals surface area contributed by atoms with Gasteiger partial charge in [0.15, 0.2) is 11.6 Å². The van der Waals surface area contributed by atoms with Crippen molar-refractivity contribution in [3.05, 3.63) is 41.5 Å². The van der Waals surface area contributed by atoms with E-state index in [1.165, 1.54) is 0 Å². The zero-order valence-electron chi connectivity index (χ0n) is 10.3. The summed E-state index contributed by atoms with van der Waals surface area (Å²) in [5, 5.41) is 2.61. The van der Waals surface area contributed by atoms with Gasteiger partial charge in [-0.2, -0.15) is 0 Å². The Kier molecular flexibility index (Phi) is 2.73. The van der Waals surface area contributed by atoms with Crippen LogP contribution in [0.15, 0.2) is 18.3 Å². The third-order valence-electron chi connectivity index (χ3n) is 3.04. The van der Waals surface area contributed by atoms with E-state index < -0.39 is 17.5 Å². The molecule has 0 atom stereocenters. The third-order valence-corrected chi connectivity index (χ3v) is 3.04. The summed E-state index contributed by atoms with van der Waals surface area (Å²) in [4.78, 5) is 4.20. The summed E-state index contributed by atoms with van der Waals surface area (Å²) in [6.45, 7) is 1.81. The molecule has 1 aromatic heterocycles. The number of nitrogens with zero attached hydrogens (tertiary/aromatic N) is 2. The Morgan fingerprint density at radius 3 is 2.42 bits per heavy atom. The van der Waals surface area contributed by atoms with E-state index in [4.69, 9.17) is 0 Å². The standard InChI is InChI=1S/C13H12F3N3/c1-7-6-19(9-2-3-9)13(17-7)18-12-10(15)4-8(14)5-11(12)16/h4-6,9H,2-3H2,1H3,(H,17,18). The van der Waals surface area contributed by atoms with Crippen LogP contribution < -0.4 is 5.32 Å². The second kappa shape index (κ2) is 4.29. The highest BCUT2D eigenvalue weighted by Crippen LogP contribution is 2.38. The quantitative estimate of drug-likeness (QED) is 0.919. The van der Waals surface area contributed by atoms with Gasteiger partial charge >= 0.3 is 0 Å². The van der Waals surface area contributed by atoms with Crippen LogP contribution in [0.25, 0.3) is 0 Å². The predicted molar refractivity (Wildman–Crippen MR) is 64.8 cm³/mol. The van der Waals surface area contributed by atoms with E-state index in [9.17, 15) is 13.2 Å². The normalized spacial score (nSPS) is 14.7. The van der Waals surface area contributed by atoms with Crippen LogP contribution in [-0.2, 0) is 0 Å². The lowest BCUT2D eigenvalue weighted by Crippen LogP contribution is -2.05. The van der Waals surface area contributed by atoms with Gasteiger partial charge in [-0.1, -0.05) is 0 Å². The van der Waals surface area contributed by atoms with E-state index in [0.717, 1.165) is 18.5 Å². The zero-order chi connectivity index (χ0) is 13.6. The number of imidazole rings is 1. The first kappa shape index (κ1) is 12.1. The molecule has 1 aliphatic carbocycles. The predicted octanol–water partition coefficient (Wildman–Crippen LogP) is 3.69. The summed E-state index contributed by atoms with van der Waals surface area (Å²) in [7, 11) is 0. The number of aryl methyl sites for hydroxylation is 1. The van der Waals surface area contributed by atoms with E-state index >= 15 is 0 Å². The minimum absolute atomic E-state index is 0.329. The average Bonchev–Trinajstić information content (AvgIpc) is 3.08. The topological polar surface area (TPSA) is 29.9 Å². The number of nitrogens with one attached hydrogen (secondary N) is 1. The first-order valence-electron chi connectivity index (χ1n) is 6.01. The summed E-state index contributed by atoms with van der Waals surface area (Å²) >= 11 is 0. The van der Waals surface area contributed by atoms with Crippen molar-refractivity contribution in [1.29, 1.82) is 0 Å². The SMILES string of the molecule is Cc1cn(C2CC2)c(Nc2c(F)cc(F)cc2F)n1. The number of anilines is 2. The molecule has 0 spiro atoms. The molecule has 0 bridgehead atoms. The van der Waals surface area contributed by atoms with Gasteiger partial charge in [-0.15, -0.1) is 0 Å². The largest absolute Gasteiger partial charge is 0.321 e. The third kappa shape index (κ3) is 2.30. The van der Waals surface area contributed by atoms with Crippen LogP contribution in [0.5, 0.6) is 0 Å². The van der Waals surface area contributed by atoms with Crippen molar-refractivity contribution in [1.82, 2.24) is 9.55 Å². The Morgan fingerprint density at radius 2 is 1.84 bits per heavy atom. The molecule has 1 aromatic carbocycles. The summed E-state index contributed by atoms with van der Waals surface area (Å²) in [5.74, 6) is -2.51. The molecule has 3 rings (SSSR count). The zero-order valence-corrected chi connectivity index (χ0v) is 10.3. The summed E-state index contributed by atoms with van der Waals surface area (Å²) in [6.07, 6.45) is 3.89. The van der Waals surface area contributed by atoms with Gasteiger partial charge in [-0.05, 0) is 19.8 Å². The molecule has 1 N–H and O–H groups in total. The molecule has 0 amide bonds. The van der Waals surface area contributed by atoms with Crippen molar-refractivity contribution in [2.24, 2.45) is 0 Å². The number of benzene rings is 1. The summed E-state index contributed by atoms with van der Waals surface area (Å²) in [6, 6.07) is 1.61. The Morgan fingerprint density at radius 1 is 1.21 bits per heavy atom. The lowest BCUT2D eigenvalue weighted by molar-refractivity contribution is 0.548. The molecular formula is C13H12F3N3. The molecule has 0 unspecified atom stereocenters. The van der Waals surface area contributed by atoms with Crippen LogP contribution >= 0.6 is 0 Å². The smallest absolute Gasteiger partial charge is 0.207 e. The van der Waals surface area contributed by atoms with E-state index in [1.54, 1.807) is 6.92 Å². The van der Waals surface area contributed by atoms with Crippen LogP contribution in [-0.4, -0.2) is 9.55 Å². The number of halogens is 3. The van der Waals surface area contributed by atoms with Crippen molar-refractivity contribution in [2.75, 3.05) is 5.32 Å². The molecule has 0 saturated heterocycles. The first-order chi connectivity index (χ1) is 9.04. The highest BCUT2D eigenvalue weighted by atomic mass is 19.1. The van der Waals surface area contributed by atoms with Crippen molar-refractivity contribution >= 4 is 11.6 Å². The molecule has 3 nitrogen and oxygen atoms in total. The fraction of sp³-hybridized carbons (Fsp3) is 0.308. The van der Waals surface area contributed by atoms with E-state index in [0.29, 0.717) is 24.1 Å². The Bertz CT molecular complexity index is 609. The van der Waals surface area contributed by atoms with Gasteiger partial charge in [0, 0.05) is 24.4 Å². The lowest BCUT2D eigenvalue weighted by Gasteiger charge is -2.10. The molecule has 19 heavy (non-hydrogen) atoms. The van der Waals surface area contributed by atoms with Crippen LogP contribution in [0.4, 0.5) is 24.8 Å². The lowest BCUT2D eigenvalue weighted by atomic mass is 10.3. The van der Waals surface area contributed by atoms with Gasteiger partial charge in [0.25, 0.3) is 0 Å². The molecule has 0 aliphatic heterocycles. The van der Waals surface area contributed by atoms with Crippen molar-refractivity contribution < 1.29 is 13.2 Å².